The van der Waals surface area contributed by atoms with Crippen molar-refractivity contribution in [3.63, 3.8) is 0 Å². The Morgan fingerprint density at radius 3 is 2.44 bits per heavy atom. The molecule has 0 radical (unpaired) electrons. The maximum absolute atomic E-state index is 12.2. The lowest BCUT2D eigenvalue weighted by Crippen LogP contribution is -2.32. The lowest BCUT2D eigenvalue weighted by Gasteiger charge is -2.10. The van der Waals surface area contributed by atoms with Crippen LogP contribution in [0.3, 0.4) is 0 Å². The van der Waals surface area contributed by atoms with Crippen LogP contribution in [0.25, 0.3) is 0 Å². The summed E-state index contributed by atoms with van der Waals surface area (Å²) in [5.41, 5.74) is 3.72. The summed E-state index contributed by atoms with van der Waals surface area (Å²) >= 11 is 0. The van der Waals surface area contributed by atoms with E-state index in [2.05, 4.69) is 21.2 Å². The van der Waals surface area contributed by atoms with Crippen molar-refractivity contribution < 1.29 is 28.6 Å². The number of nitrogens with zero attached hydrogens (tertiary/aromatic N) is 1. The molecule has 10 nitrogen and oxygen atoms in total. The molecule has 186 valence electrons. The van der Waals surface area contributed by atoms with Gasteiger partial charge in [-0.25, -0.2) is 5.43 Å². The largest absolute Gasteiger partial charge is 0.497 e. The quantitative estimate of drug-likeness (QED) is 0.228. The predicted octanol–water partition coefficient (Wildman–Crippen LogP) is 3.20. The van der Waals surface area contributed by atoms with Crippen molar-refractivity contribution in [2.24, 2.45) is 5.10 Å². The highest BCUT2D eigenvalue weighted by atomic mass is 16.5. The van der Waals surface area contributed by atoms with Gasteiger partial charge in [-0.05, 0) is 48.9 Å². The van der Waals surface area contributed by atoms with E-state index < -0.39 is 11.8 Å². The van der Waals surface area contributed by atoms with Crippen molar-refractivity contribution in [3.8, 4) is 17.2 Å². The monoisotopic (exact) mass is 490 g/mol. The summed E-state index contributed by atoms with van der Waals surface area (Å²) in [6.45, 7) is 2.02. The number of anilines is 2. The number of hydrogen-bond acceptors (Lipinski definition) is 7. The van der Waals surface area contributed by atoms with E-state index in [1.165, 1.54) is 6.21 Å². The average molecular weight is 491 g/mol. The third kappa shape index (κ3) is 7.87. The maximum Gasteiger partial charge on any atom is 0.329 e. The first-order chi connectivity index (χ1) is 17.5. The molecular weight excluding hydrogens is 464 g/mol. The fourth-order valence-corrected chi connectivity index (χ4v) is 2.98. The number of para-hydroxylation sites is 2. The summed E-state index contributed by atoms with van der Waals surface area (Å²) in [5.74, 6) is -0.667. The Hall–Kier alpha value is -4.86. The zero-order valence-electron chi connectivity index (χ0n) is 19.8. The Morgan fingerprint density at radius 1 is 0.861 bits per heavy atom. The van der Waals surface area contributed by atoms with Crippen LogP contribution in [0.15, 0.2) is 77.9 Å². The molecular formula is C26H26N4O6. The topological polar surface area (TPSA) is 127 Å². The molecule has 36 heavy (non-hydrogen) atoms. The van der Waals surface area contributed by atoms with Crippen LogP contribution >= 0.6 is 0 Å². The Balaban J connectivity index is 1.49. The molecule has 0 unspecified atom stereocenters. The second-order valence-corrected chi connectivity index (χ2v) is 7.22. The van der Waals surface area contributed by atoms with E-state index in [4.69, 9.17) is 14.2 Å². The van der Waals surface area contributed by atoms with Crippen molar-refractivity contribution >= 4 is 35.3 Å². The van der Waals surface area contributed by atoms with E-state index in [-0.39, 0.29) is 12.5 Å². The minimum absolute atomic E-state index is 0.210. The number of hydrogen-bond donors (Lipinski definition) is 3. The van der Waals surface area contributed by atoms with Gasteiger partial charge in [0.25, 0.3) is 5.91 Å². The molecule has 0 saturated carbocycles. The Bertz CT molecular complexity index is 1240. The Morgan fingerprint density at radius 2 is 1.64 bits per heavy atom. The highest BCUT2D eigenvalue weighted by molar-refractivity contribution is 6.39. The molecule has 0 aliphatic rings. The zero-order valence-corrected chi connectivity index (χ0v) is 19.8. The van der Waals surface area contributed by atoms with Crippen molar-refractivity contribution in [1.29, 1.82) is 0 Å². The molecule has 0 heterocycles. The Kier molecular flexibility index (Phi) is 9.40. The van der Waals surface area contributed by atoms with Gasteiger partial charge in [-0.2, -0.15) is 5.10 Å². The summed E-state index contributed by atoms with van der Waals surface area (Å²) in [4.78, 5) is 36.4. The third-order valence-corrected chi connectivity index (χ3v) is 4.60. The molecule has 3 aromatic carbocycles. The number of rotatable bonds is 10. The van der Waals surface area contributed by atoms with Gasteiger partial charge in [0, 0.05) is 11.8 Å². The molecule has 0 atom stereocenters. The number of benzene rings is 3. The Labute approximate surface area is 208 Å². The van der Waals surface area contributed by atoms with Crippen LogP contribution in [0.4, 0.5) is 11.4 Å². The summed E-state index contributed by atoms with van der Waals surface area (Å²) < 4.78 is 16.1. The van der Waals surface area contributed by atoms with Crippen LogP contribution in [0.2, 0.25) is 0 Å². The molecule has 10 heteroatoms. The molecule has 0 aliphatic heterocycles. The van der Waals surface area contributed by atoms with E-state index in [0.29, 0.717) is 40.8 Å². The number of hydrazone groups is 1. The van der Waals surface area contributed by atoms with Crippen molar-refractivity contribution in [2.45, 2.75) is 6.92 Å². The molecule has 3 N–H and O–H groups in total. The molecule has 0 saturated heterocycles. The predicted molar refractivity (Wildman–Crippen MR) is 136 cm³/mol. The first-order valence-corrected chi connectivity index (χ1v) is 11.0. The van der Waals surface area contributed by atoms with E-state index >= 15 is 0 Å². The second-order valence-electron chi connectivity index (χ2n) is 7.22. The van der Waals surface area contributed by atoms with Gasteiger partial charge >= 0.3 is 11.8 Å². The van der Waals surface area contributed by atoms with E-state index in [0.717, 1.165) is 0 Å². The first kappa shape index (κ1) is 25.8. The van der Waals surface area contributed by atoms with Crippen molar-refractivity contribution in [2.75, 3.05) is 31.0 Å². The summed E-state index contributed by atoms with van der Waals surface area (Å²) in [5, 5.41) is 9.02. The van der Waals surface area contributed by atoms with Gasteiger partial charge in [0.15, 0.2) is 6.61 Å². The number of nitrogens with one attached hydrogen (secondary N) is 3. The van der Waals surface area contributed by atoms with Gasteiger partial charge in [-0.1, -0.05) is 30.3 Å². The van der Waals surface area contributed by atoms with Gasteiger partial charge in [-0.15, -0.1) is 0 Å². The van der Waals surface area contributed by atoms with Gasteiger partial charge in [0.2, 0.25) is 0 Å². The van der Waals surface area contributed by atoms with E-state index in [1.54, 1.807) is 79.9 Å². The van der Waals surface area contributed by atoms with Crippen LogP contribution in [0.1, 0.15) is 12.5 Å². The highest BCUT2D eigenvalue weighted by Gasteiger charge is 2.15. The van der Waals surface area contributed by atoms with Crippen molar-refractivity contribution in [3.05, 3.63) is 78.4 Å². The van der Waals surface area contributed by atoms with Crippen LogP contribution in [-0.4, -0.2) is 44.3 Å². The minimum Gasteiger partial charge on any atom is -0.497 e. The summed E-state index contributed by atoms with van der Waals surface area (Å²) in [7, 11) is 1.55. The van der Waals surface area contributed by atoms with Gasteiger partial charge < -0.3 is 24.8 Å². The van der Waals surface area contributed by atoms with Crippen LogP contribution in [0, 0.1) is 0 Å². The molecule has 0 aromatic heterocycles. The first-order valence-electron chi connectivity index (χ1n) is 11.0. The number of methoxy groups -OCH3 is 1. The molecule has 3 rings (SSSR count). The lowest BCUT2D eigenvalue weighted by atomic mass is 10.2. The molecule has 0 bridgehead atoms. The van der Waals surface area contributed by atoms with Crippen LogP contribution in [-0.2, 0) is 14.4 Å². The number of ether oxygens (including phenoxy) is 3. The number of carbonyl (C=O) groups is 3. The lowest BCUT2D eigenvalue weighted by molar-refractivity contribution is -0.136. The van der Waals surface area contributed by atoms with Gasteiger partial charge in [0.1, 0.15) is 17.2 Å². The van der Waals surface area contributed by atoms with Gasteiger partial charge in [-0.3, -0.25) is 14.4 Å². The van der Waals surface area contributed by atoms with E-state index in [1.807, 2.05) is 6.92 Å². The fourth-order valence-electron chi connectivity index (χ4n) is 2.98. The molecule has 0 fully saturated rings. The minimum atomic E-state index is -0.945. The summed E-state index contributed by atoms with van der Waals surface area (Å²) in [6.07, 6.45) is 1.35. The number of carbonyl (C=O) groups excluding carboxylic acids is 3. The highest BCUT2D eigenvalue weighted by Crippen LogP contribution is 2.23. The second kappa shape index (κ2) is 13.1. The standard InChI is InChI=1S/C26H26N4O6/c1-3-35-23-13-5-4-12-22(23)29-25(32)26(33)30-27-16-18-8-6-11-21(14-18)36-17-24(31)28-19-9-7-10-20(15-19)34-2/h4-16H,3,17H2,1-2H3,(H,28,31)(H,29,32)(H,30,33)/b27-16-. The molecule has 0 aliphatic carbocycles. The SMILES string of the molecule is CCOc1ccccc1NC(=O)C(=O)N/N=C\c1cccc(OCC(=O)Nc2cccc(OC)c2)c1. The molecule has 0 spiro atoms. The van der Waals surface area contributed by atoms with E-state index in [9.17, 15) is 14.4 Å². The zero-order chi connectivity index (χ0) is 25.8. The molecule has 3 aromatic rings. The van der Waals surface area contributed by atoms with Gasteiger partial charge in [0.05, 0.1) is 25.6 Å². The van der Waals surface area contributed by atoms with Crippen molar-refractivity contribution in [1.82, 2.24) is 5.43 Å². The van der Waals surface area contributed by atoms with Crippen LogP contribution < -0.4 is 30.3 Å². The summed E-state index contributed by atoms with van der Waals surface area (Å²) in [6, 6.07) is 20.5. The van der Waals surface area contributed by atoms with Crippen LogP contribution in [0.5, 0.6) is 17.2 Å². The third-order valence-electron chi connectivity index (χ3n) is 4.60. The normalized spacial score (nSPS) is 10.4. The average Bonchev–Trinajstić information content (AvgIpc) is 2.89. The number of amides is 3. The smallest absolute Gasteiger partial charge is 0.329 e. The maximum atomic E-state index is 12.2. The fraction of sp³-hybridized carbons (Fsp3) is 0.154. The molecule has 3 amide bonds.